The van der Waals surface area contributed by atoms with E-state index in [9.17, 15) is 14.4 Å². The van der Waals surface area contributed by atoms with E-state index in [4.69, 9.17) is 35.7 Å². The monoisotopic (exact) mass is 394 g/mol. The molecule has 1 atom stereocenters. The molecule has 0 fully saturated rings. The average Bonchev–Trinajstić information content (AvgIpc) is 2.57. The third kappa shape index (κ3) is 28.5. The summed E-state index contributed by atoms with van der Waals surface area (Å²) in [6, 6.07) is 0. The van der Waals surface area contributed by atoms with Gasteiger partial charge in [0.2, 0.25) is 0 Å². The van der Waals surface area contributed by atoms with Crippen molar-refractivity contribution >= 4 is 17.9 Å². The number of aliphatic hydroxyl groups is 4. The van der Waals surface area contributed by atoms with Crippen LogP contribution in [0, 0.1) is 5.92 Å². The molecule has 0 aromatic carbocycles. The van der Waals surface area contributed by atoms with Crippen LogP contribution in [0.4, 0.5) is 0 Å². The molecule has 0 rings (SSSR count). The molecule has 0 aliphatic carbocycles. The first kappa shape index (κ1) is 32.2. The molecule has 0 aliphatic heterocycles. The van der Waals surface area contributed by atoms with Gasteiger partial charge in [-0.1, -0.05) is 19.7 Å². The highest BCUT2D eigenvalue weighted by Gasteiger charge is 2.15. The van der Waals surface area contributed by atoms with Gasteiger partial charge in [0.05, 0.1) is 25.9 Å². The molecule has 0 amide bonds. The summed E-state index contributed by atoms with van der Waals surface area (Å²) in [4.78, 5) is 28.8. The zero-order valence-electron chi connectivity index (χ0n) is 15.8. The van der Waals surface area contributed by atoms with Crippen LogP contribution in [0.15, 0.2) is 36.5 Å². The van der Waals surface area contributed by atoms with Gasteiger partial charge in [-0.05, 0) is 20.8 Å². The quantitative estimate of drug-likeness (QED) is 0.286. The number of aliphatic hydroxyl groups excluding tert-OH is 4. The van der Waals surface area contributed by atoms with E-state index in [1.165, 1.54) is 20.8 Å². The second kappa shape index (κ2) is 19.8. The predicted molar refractivity (Wildman–Crippen MR) is 98.1 cm³/mol. The van der Waals surface area contributed by atoms with Crippen LogP contribution in [0.1, 0.15) is 20.8 Å². The first-order valence-corrected chi connectivity index (χ1v) is 7.36. The SMILES string of the molecule is C=C(C)C(=O)O.C=C(C)C(=O)O.C=C(C)C(=O)O.OCC(O)C(CO)CO. The zero-order chi connectivity index (χ0) is 22.7. The van der Waals surface area contributed by atoms with Crippen LogP contribution in [-0.2, 0) is 14.4 Å². The van der Waals surface area contributed by atoms with E-state index in [-0.39, 0.29) is 29.9 Å². The summed E-state index contributed by atoms with van der Waals surface area (Å²) < 4.78 is 0. The number of aliphatic carboxylic acids is 3. The summed E-state index contributed by atoms with van der Waals surface area (Å²) in [6.07, 6.45) is -1.01. The first-order valence-electron chi connectivity index (χ1n) is 7.36. The highest BCUT2D eigenvalue weighted by Crippen LogP contribution is 1.99. The Kier molecular flexibility index (Phi) is 23.6. The van der Waals surface area contributed by atoms with Crippen molar-refractivity contribution in [1.29, 1.82) is 0 Å². The molecule has 0 radical (unpaired) electrons. The lowest BCUT2D eigenvalue weighted by Crippen LogP contribution is -2.29. The van der Waals surface area contributed by atoms with Crippen molar-refractivity contribution < 1.29 is 50.1 Å². The Morgan fingerprint density at radius 2 is 0.852 bits per heavy atom. The summed E-state index contributed by atoms with van der Waals surface area (Å²) in [7, 11) is 0. The van der Waals surface area contributed by atoms with Crippen molar-refractivity contribution in [2.24, 2.45) is 5.92 Å². The van der Waals surface area contributed by atoms with Crippen molar-refractivity contribution in [3.05, 3.63) is 36.5 Å². The summed E-state index contributed by atoms with van der Waals surface area (Å²) in [5.74, 6) is -3.42. The molecule has 0 aromatic rings. The van der Waals surface area contributed by atoms with Crippen LogP contribution in [0.3, 0.4) is 0 Å². The Hall–Kier alpha value is -2.53. The van der Waals surface area contributed by atoms with Gasteiger partial charge < -0.3 is 35.7 Å². The minimum Gasteiger partial charge on any atom is -0.478 e. The Morgan fingerprint density at radius 1 is 0.667 bits per heavy atom. The van der Waals surface area contributed by atoms with Gasteiger partial charge in [0, 0.05) is 22.6 Å². The maximum absolute atomic E-state index is 9.60. The minimum atomic E-state index is -1.01. The summed E-state index contributed by atoms with van der Waals surface area (Å²) in [5.41, 5.74) is 0.528. The summed E-state index contributed by atoms with van der Waals surface area (Å²) in [6.45, 7) is 12.8. The van der Waals surface area contributed by atoms with Gasteiger partial charge >= 0.3 is 17.9 Å². The molecule has 0 saturated heterocycles. The number of carboxylic acids is 3. The van der Waals surface area contributed by atoms with E-state index in [0.29, 0.717) is 0 Å². The summed E-state index contributed by atoms with van der Waals surface area (Å²) in [5, 5.41) is 57.5. The smallest absolute Gasteiger partial charge is 0.330 e. The largest absolute Gasteiger partial charge is 0.478 e. The molecule has 10 heteroatoms. The van der Waals surface area contributed by atoms with E-state index < -0.39 is 36.5 Å². The Labute approximate surface area is 158 Å². The lowest BCUT2D eigenvalue weighted by molar-refractivity contribution is -0.133. The van der Waals surface area contributed by atoms with Crippen molar-refractivity contribution in [3.8, 4) is 0 Å². The normalized spacial score (nSPS) is 9.78. The van der Waals surface area contributed by atoms with Crippen LogP contribution < -0.4 is 0 Å². The second-order valence-corrected chi connectivity index (χ2v) is 5.13. The Morgan fingerprint density at radius 3 is 0.889 bits per heavy atom. The molecular formula is C17H30O10. The molecule has 0 bridgehead atoms. The number of rotatable bonds is 7. The molecule has 1 unspecified atom stereocenters. The van der Waals surface area contributed by atoms with Crippen LogP contribution in [-0.4, -0.2) is 79.6 Å². The van der Waals surface area contributed by atoms with Crippen LogP contribution in [0.5, 0.6) is 0 Å². The number of carbonyl (C=O) groups is 3. The van der Waals surface area contributed by atoms with E-state index in [0.717, 1.165) is 0 Å². The maximum atomic E-state index is 9.60. The minimum absolute atomic E-state index is 0.176. The van der Waals surface area contributed by atoms with E-state index >= 15 is 0 Å². The van der Waals surface area contributed by atoms with Gasteiger partial charge in [-0.2, -0.15) is 0 Å². The zero-order valence-corrected chi connectivity index (χ0v) is 15.8. The molecule has 10 nitrogen and oxygen atoms in total. The van der Waals surface area contributed by atoms with E-state index in [2.05, 4.69) is 19.7 Å². The fourth-order valence-corrected chi connectivity index (χ4v) is 0.450. The number of hydrogen-bond acceptors (Lipinski definition) is 7. The van der Waals surface area contributed by atoms with E-state index in [1.807, 2.05) is 0 Å². The molecule has 27 heavy (non-hydrogen) atoms. The van der Waals surface area contributed by atoms with E-state index in [1.54, 1.807) is 0 Å². The molecule has 0 aliphatic rings. The van der Waals surface area contributed by atoms with Crippen LogP contribution >= 0.6 is 0 Å². The molecule has 158 valence electrons. The van der Waals surface area contributed by atoms with Crippen LogP contribution in [0.25, 0.3) is 0 Å². The molecule has 7 N–H and O–H groups in total. The lowest BCUT2D eigenvalue weighted by atomic mass is 10.1. The van der Waals surface area contributed by atoms with Crippen molar-refractivity contribution in [2.75, 3.05) is 19.8 Å². The maximum Gasteiger partial charge on any atom is 0.330 e. The lowest BCUT2D eigenvalue weighted by Gasteiger charge is -2.15. The molecule has 0 heterocycles. The van der Waals surface area contributed by atoms with Gasteiger partial charge in [-0.25, -0.2) is 14.4 Å². The third-order valence-electron chi connectivity index (χ3n) is 2.30. The van der Waals surface area contributed by atoms with Crippen LogP contribution in [0.2, 0.25) is 0 Å². The predicted octanol–water partition coefficient (Wildman–Crippen LogP) is -0.118. The molecule has 0 spiro atoms. The number of hydrogen-bond donors (Lipinski definition) is 7. The highest BCUT2D eigenvalue weighted by molar-refractivity contribution is 5.85. The first-order chi connectivity index (χ1) is 12.2. The number of carboxylic acid groups (broad SMARTS) is 3. The Bertz CT molecular complexity index is 399. The second-order valence-electron chi connectivity index (χ2n) is 5.13. The van der Waals surface area contributed by atoms with Gasteiger partial charge in [-0.15, -0.1) is 0 Å². The molecule has 0 saturated carbocycles. The van der Waals surface area contributed by atoms with Gasteiger partial charge in [0.1, 0.15) is 0 Å². The van der Waals surface area contributed by atoms with Crippen molar-refractivity contribution in [3.63, 3.8) is 0 Å². The van der Waals surface area contributed by atoms with Gasteiger partial charge in [-0.3, -0.25) is 0 Å². The van der Waals surface area contributed by atoms with Crippen molar-refractivity contribution in [2.45, 2.75) is 26.9 Å². The van der Waals surface area contributed by atoms with Crippen molar-refractivity contribution in [1.82, 2.24) is 0 Å². The highest BCUT2D eigenvalue weighted by atomic mass is 16.4. The molecular weight excluding hydrogens is 364 g/mol. The van der Waals surface area contributed by atoms with Gasteiger partial charge in [0.25, 0.3) is 0 Å². The topological polar surface area (TPSA) is 193 Å². The Balaban J connectivity index is -0.000000133. The average molecular weight is 394 g/mol. The fraction of sp³-hybridized carbons (Fsp3) is 0.471. The van der Waals surface area contributed by atoms with Gasteiger partial charge in [0.15, 0.2) is 0 Å². The molecule has 0 aromatic heterocycles. The third-order valence-corrected chi connectivity index (χ3v) is 2.30. The fourth-order valence-electron chi connectivity index (χ4n) is 0.450. The summed E-state index contributed by atoms with van der Waals surface area (Å²) >= 11 is 0. The standard InChI is InChI=1S/C5H12O4.3C4H6O2/c6-1-4(2-7)5(9)3-8;3*1-3(2)4(5)6/h4-9H,1-3H2;3*1H2,2H3,(H,5,6).